The van der Waals surface area contributed by atoms with E-state index in [1.165, 1.54) is 20.1 Å². The van der Waals surface area contributed by atoms with Gasteiger partial charge in [-0.15, -0.1) is 0 Å². The molecule has 1 aliphatic heterocycles. The number of para-hydroxylation sites is 1. The Morgan fingerprint density at radius 3 is 2.29 bits per heavy atom. The van der Waals surface area contributed by atoms with E-state index in [1.54, 1.807) is 49.7 Å². The van der Waals surface area contributed by atoms with Gasteiger partial charge in [-0.3, -0.25) is 14.4 Å². The largest absolute Gasteiger partial charge is 0.711 e. The molecular formula is C22H22N2O7. The van der Waals surface area contributed by atoms with Gasteiger partial charge in [-0.1, -0.05) is 12.1 Å². The van der Waals surface area contributed by atoms with Crippen LogP contribution in [0.2, 0.25) is 0 Å². The zero-order chi connectivity index (χ0) is 22.7. The molecule has 0 amide bonds. The second-order valence-corrected chi connectivity index (χ2v) is 8.10. The highest BCUT2D eigenvalue weighted by Crippen LogP contribution is 2.37. The van der Waals surface area contributed by atoms with E-state index in [9.17, 15) is 19.6 Å². The summed E-state index contributed by atoms with van der Waals surface area (Å²) in [7, 11) is 1.63. The minimum absolute atomic E-state index is 0.0116. The number of aromatic nitrogens is 2. The van der Waals surface area contributed by atoms with Crippen molar-refractivity contribution in [2.24, 2.45) is 13.0 Å². The van der Waals surface area contributed by atoms with E-state index >= 15 is 0 Å². The van der Waals surface area contributed by atoms with Crippen molar-refractivity contribution in [1.82, 2.24) is 4.57 Å². The molecule has 4 rings (SSSR count). The first-order chi connectivity index (χ1) is 14.5. The Morgan fingerprint density at radius 1 is 1.10 bits per heavy atom. The van der Waals surface area contributed by atoms with E-state index in [2.05, 4.69) is 0 Å². The first-order valence-electron chi connectivity index (χ1n) is 9.75. The summed E-state index contributed by atoms with van der Waals surface area (Å²) >= 11 is 0. The van der Waals surface area contributed by atoms with Crippen LogP contribution in [0.25, 0.3) is 11.0 Å². The zero-order valence-electron chi connectivity index (χ0n) is 17.8. The molecule has 1 unspecified atom stereocenters. The molecule has 31 heavy (non-hydrogen) atoms. The Kier molecular flexibility index (Phi) is 4.64. The topological polar surface area (TPSA) is 115 Å². The van der Waals surface area contributed by atoms with Crippen LogP contribution in [-0.2, 0) is 26.1 Å². The number of rotatable bonds is 3. The Labute approximate surface area is 177 Å². The SMILES string of the molecule is Cc1c(C)[n+]([O-])c(C(c2coc3ccccc3c2=O)C2C(=O)OC(C)(C)OC2=O)n1C. The lowest BCUT2D eigenvalue weighted by atomic mass is 9.84. The zero-order valence-corrected chi connectivity index (χ0v) is 17.8. The number of fused-ring (bicyclic) bond motifs is 1. The van der Waals surface area contributed by atoms with E-state index in [0.29, 0.717) is 21.7 Å². The molecule has 9 heteroatoms. The summed E-state index contributed by atoms with van der Waals surface area (Å²) in [4.78, 5) is 39.2. The molecule has 0 spiro atoms. The Hall–Kier alpha value is -3.62. The highest BCUT2D eigenvalue weighted by molar-refractivity contribution is 5.98. The van der Waals surface area contributed by atoms with Crippen molar-refractivity contribution in [3.05, 3.63) is 68.7 Å². The first kappa shape index (κ1) is 20.6. The van der Waals surface area contributed by atoms with Gasteiger partial charge in [-0.05, 0) is 12.1 Å². The quantitative estimate of drug-likeness (QED) is 0.272. The molecule has 1 saturated heterocycles. The van der Waals surface area contributed by atoms with Crippen LogP contribution in [0.15, 0.2) is 39.7 Å². The Bertz CT molecular complexity index is 1240. The lowest BCUT2D eigenvalue weighted by molar-refractivity contribution is -0.621. The molecular weight excluding hydrogens is 404 g/mol. The standard InChI is InChI=1S/C22H22N2O7/c1-11-12(2)24(28)19(23(11)5)16(17-20(26)30-22(3,4)31-21(17)27)14-10-29-15-9-7-6-8-13(15)18(14)25/h6-10,16-17H,1-5H3. The summed E-state index contributed by atoms with van der Waals surface area (Å²) in [5.74, 6) is -5.99. The fraction of sp³-hybridized carbons (Fsp3) is 0.364. The van der Waals surface area contributed by atoms with Gasteiger partial charge in [0.05, 0.1) is 24.3 Å². The van der Waals surface area contributed by atoms with Crippen LogP contribution in [0.5, 0.6) is 0 Å². The predicted octanol–water partition coefficient (Wildman–Crippen LogP) is 1.97. The van der Waals surface area contributed by atoms with Crippen molar-refractivity contribution in [3.63, 3.8) is 0 Å². The Morgan fingerprint density at radius 2 is 1.71 bits per heavy atom. The normalized spacial score (nSPS) is 17.5. The third-order valence-electron chi connectivity index (χ3n) is 5.74. The summed E-state index contributed by atoms with van der Waals surface area (Å²) < 4.78 is 18.4. The molecule has 0 saturated carbocycles. The van der Waals surface area contributed by atoms with Crippen LogP contribution in [-0.4, -0.2) is 22.3 Å². The van der Waals surface area contributed by atoms with Crippen molar-refractivity contribution >= 4 is 22.9 Å². The number of esters is 2. The van der Waals surface area contributed by atoms with Gasteiger partial charge < -0.3 is 19.1 Å². The summed E-state index contributed by atoms with van der Waals surface area (Å²) in [6.45, 7) is 6.21. The molecule has 162 valence electrons. The number of cyclic esters (lactones) is 2. The lowest BCUT2D eigenvalue weighted by Crippen LogP contribution is -2.51. The minimum Gasteiger partial charge on any atom is -0.711 e. The highest BCUT2D eigenvalue weighted by atomic mass is 16.7. The monoisotopic (exact) mass is 426 g/mol. The summed E-state index contributed by atoms with van der Waals surface area (Å²) in [6, 6.07) is 6.60. The average molecular weight is 426 g/mol. The third-order valence-corrected chi connectivity index (χ3v) is 5.74. The number of carbonyl (C=O) groups excluding carboxylic acids is 2. The number of carbonyl (C=O) groups is 2. The van der Waals surface area contributed by atoms with Gasteiger partial charge in [-0.25, -0.2) is 9.30 Å². The highest BCUT2D eigenvalue weighted by Gasteiger charge is 2.52. The molecule has 3 aromatic rings. The lowest BCUT2D eigenvalue weighted by Gasteiger charge is -2.35. The maximum atomic E-state index is 13.4. The molecule has 1 aromatic carbocycles. The average Bonchev–Trinajstić information content (AvgIpc) is 2.88. The van der Waals surface area contributed by atoms with Gasteiger partial charge >= 0.3 is 11.9 Å². The molecule has 1 fully saturated rings. The van der Waals surface area contributed by atoms with Gasteiger partial charge in [0.25, 0.3) is 11.6 Å². The molecule has 0 radical (unpaired) electrons. The van der Waals surface area contributed by atoms with Gasteiger partial charge in [0.15, 0.2) is 11.3 Å². The van der Waals surface area contributed by atoms with Gasteiger partial charge in [0.1, 0.15) is 22.9 Å². The second-order valence-electron chi connectivity index (χ2n) is 8.10. The maximum absolute atomic E-state index is 13.4. The van der Waals surface area contributed by atoms with E-state index in [0.717, 1.165) is 0 Å². The van der Waals surface area contributed by atoms with Crippen molar-refractivity contribution in [1.29, 1.82) is 0 Å². The van der Waals surface area contributed by atoms with Crippen LogP contribution in [0.1, 0.15) is 42.5 Å². The van der Waals surface area contributed by atoms with E-state index < -0.39 is 35.0 Å². The number of nitrogens with zero attached hydrogens (tertiary/aromatic N) is 2. The molecule has 0 N–H and O–H groups in total. The number of ether oxygens (including phenoxy) is 2. The van der Waals surface area contributed by atoms with Crippen LogP contribution >= 0.6 is 0 Å². The van der Waals surface area contributed by atoms with Crippen LogP contribution in [0.3, 0.4) is 0 Å². The maximum Gasteiger partial charge on any atom is 0.324 e. The number of hydrogen-bond acceptors (Lipinski definition) is 7. The van der Waals surface area contributed by atoms with Crippen molar-refractivity contribution in [2.45, 2.75) is 39.4 Å². The Balaban J connectivity index is 2.01. The fourth-order valence-corrected chi connectivity index (χ4v) is 3.98. The second kappa shape index (κ2) is 6.97. The molecule has 1 aliphatic rings. The van der Waals surface area contributed by atoms with Crippen LogP contribution in [0.4, 0.5) is 0 Å². The molecule has 1 atom stereocenters. The molecule has 2 aromatic heterocycles. The summed E-state index contributed by atoms with van der Waals surface area (Å²) in [5, 5.41) is 13.3. The fourth-order valence-electron chi connectivity index (χ4n) is 3.98. The minimum atomic E-state index is -1.55. The summed E-state index contributed by atoms with van der Waals surface area (Å²) in [6.07, 6.45) is 1.19. The third kappa shape index (κ3) is 3.17. The molecule has 3 heterocycles. The van der Waals surface area contributed by atoms with Crippen molar-refractivity contribution < 1.29 is 28.2 Å². The summed E-state index contributed by atoms with van der Waals surface area (Å²) in [5.41, 5.74) is 0.888. The molecule has 9 nitrogen and oxygen atoms in total. The van der Waals surface area contributed by atoms with E-state index in [-0.39, 0.29) is 16.8 Å². The smallest absolute Gasteiger partial charge is 0.324 e. The predicted molar refractivity (Wildman–Crippen MR) is 108 cm³/mol. The van der Waals surface area contributed by atoms with Gasteiger partial charge in [-0.2, -0.15) is 0 Å². The van der Waals surface area contributed by atoms with Crippen molar-refractivity contribution in [2.75, 3.05) is 0 Å². The van der Waals surface area contributed by atoms with Crippen LogP contribution in [0, 0.1) is 25.0 Å². The number of hydrogen-bond donors (Lipinski definition) is 0. The van der Waals surface area contributed by atoms with Gasteiger partial charge in [0.2, 0.25) is 0 Å². The van der Waals surface area contributed by atoms with Gasteiger partial charge in [0, 0.05) is 27.7 Å². The van der Waals surface area contributed by atoms with Crippen molar-refractivity contribution in [3.8, 4) is 0 Å². The molecule has 0 bridgehead atoms. The molecule has 0 aliphatic carbocycles. The van der Waals surface area contributed by atoms with Crippen LogP contribution < -0.4 is 10.2 Å². The number of benzene rings is 1. The van der Waals surface area contributed by atoms with E-state index in [1.807, 2.05) is 0 Å². The first-order valence-corrected chi connectivity index (χ1v) is 9.75. The number of imidazole rings is 1. The van der Waals surface area contributed by atoms with E-state index in [4.69, 9.17) is 13.9 Å².